The van der Waals surface area contributed by atoms with Gasteiger partial charge in [0.05, 0.1) is 29.9 Å². The van der Waals surface area contributed by atoms with Crippen molar-refractivity contribution >= 4 is 23.9 Å². The zero-order valence-electron chi connectivity index (χ0n) is 27.2. The van der Waals surface area contributed by atoms with Crippen LogP contribution in [0.3, 0.4) is 0 Å². The number of carbonyl (C=O) groups excluding carboxylic acids is 2. The Kier molecular flexibility index (Phi) is 13.2. The zero-order valence-corrected chi connectivity index (χ0v) is 27.2. The van der Waals surface area contributed by atoms with E-state index < -0.39 is 36.1 Å². The number of hydrogen-bond donors (Lipinski definition) is 3. The van der Waals surface area contributed by atoms with Gasteiger partial charge in [0.1, 0.15) is 0 Å². The molecular formula is C37H43NO10. The van der Waals surface area contributed by atoms with Gasteiger partial charge in [-0.2, -0.15) is 0 Å². The van der Waals surface area contributed by atoms with Crippen LogP contribution < -0.4 is 0 Å². The van der Waals surface area contributed by atoms with E-state index in [1.807, 2.05) is 6.07 Å². The fraction of sp³-hybridized carbons (Fsp3) is 0.405. The number of hydrogen-bond acceptors (Lipinski definition) is 9. The van der Waals surface area contributed by atoms with Crippen molar-refractivity contribution in [2.24, 2.45) is 0 Å². The highest BCUT2D eigenvalue weighted by atomic mass is 16.6. The van der Waals surface area contributed by atoms with Crippen LogP contribution in [0.4, 0.5) is 0 Å². The van der Waals surface area contributed by atoms with Gasteiger partial charge in [-0.15, -0.1) is 0 Å². The van der Waals surface area contributed by atoms with Crippen molar-refractivity contribution in [1.29, 1.82) is 0 Å². The van der Waals surface area contributed by atoms with Crippen LogP contribution in [0, 0.1) is 13.8 Å². The Morgan fingerprint density at radius 2 is 1.23 bits per heavy atom. The fourth-order valence-corrected chi connectivity index (χ4v) is 5.73. The molecule has 5 rings (SSSR count). The second-order valence-corrected chi connectivity index (χ2v) is 12.2. The molecule has 1 aliphatic heterocycles. The molecule has 3 aromatic rings. The minimum Gasteiger partial charge on any atom is -0.478 e. The number of carbonyl (C=O) groups is 4. The molecule has 3 N–H and O–H groups in total. The minimum atomic E-state index is -2.22. The van der Waals surface area contributed by atoms with Gasteiger partial charge in [-0.1, -0.05) is 78.6 Å². The highest BCUT2D eigenvalue weighted by Gasteiger charge is 2.41. The smallest absolute Gasteiger partial charge is 0.349 e. The molecule has 0 aromatic heterocycles. The molecule has 0 amide bonds. The second kappa shape index (κ2) is 17.5. The van der Waals surface area contributed by atoms with Crippen molar-refractivity contribution in [3.63, 3.8) is 0 Å². The molecule has 1 heterocycles. The van der Waals surface area contributed by atoms with E-state index in [9.17, 15) is 34.5 Å². The summed E-state index contributed by atoms with van der Waals surface area (Å²) in [4.78, 5) is 49.8. The van der Waals surface area contributed by atoms with E-state index in [4.69, 9.17) is 14.2 Å². The van der Waals surface area contributed by atoms with Gasteiger partial charge in [-0.3, -0.25) is 4.90 Å². The van der Waals surface area contributed by atoms with Crippen molar-refractivity contribution in [1.82, 2.24) is 4.90 Å². The molecule has 256 valence electrons. The van der Waals surface area contributed by atoms with E-state index in [2.05, 4.69) is 29.2 Å². The molecular weight excluding hydrogens is 618 g/mol. The number of carboxylic acid groups (broad SMARTS) is 2. The maximum Gasteiger partial charge on any atom is 0.349 e. The number of ether oxygens (including phenoxy) is 3. The summed E-state index contributed by atoms with van der Waals surface area (Å²) in [5.41, 5.74) is 3.03. The lowest BCUT2D eigenvalue weighted by Crippen LogP contribution is -2.45. The molecule has 2 fully saturated rings. The number of esters is 2. The third-order valence-corrected chi connectivity index (χ3v) is 8.47. The van der Waals surface area contributed by atoms with Crippen molar-refractivity contribution in [2.45, 2.75) is 83.0 Å². The molecule has 1 saturated heterocycles. The molecule has 48 heavy (non-hydrogen) atoms. The molecule has 0 unspecified atom stereocenters. The summed E-state index contributed by atoms with van der Waals surface area (Å²) < 4.78 is 15.7. The maximum atomic E-state index is 12.2. The van der Waals surface area contributed by atoms with Crippen molar-refractivity contribution in [3.05, 3.63) is 107 Å². The molecule has 1 aliphatic carbocycles. The quantitative estimate of drug-likeness (QED) is 0.242. The summed E-state index contributed by atoms with van der Waals surface area (Å²) in [6.45, 7) is 6.34. The molecule has 3 aromatic carbocycles. The van der Waals surface area contributed by atoms with Crippen LogP contribution in [0.1, 0.15) is 69.5 Å². The molecule has 11 heteroatoms. The van der Waals surface area contributed by atoms with E-state index in [1.54, 1.807) is 38.1 Å². The second-order valence-electron chi connectivity index (χ2n) is 12.2. The van der Waals surface area contributed by atoms with Gasteiger partial charge >= 0.3 is 23.9 Å². The predicted octanol–water partition coefficient (Wildman–Crippen LogP) is 4.80. The number of aliphatic hydroxyl groups excluding tert-OH is 1. The van der Waals surface area contributed by atoms with Crippen molar-refractivity contribution < 1.29 is 48.7 Å². The van der Waals surface area contributed by atoms with Crippen LogP contribution in [-0.2, 0) is 30.4 Å². The molecule has 1 saturated carbocycles. The summed E-state index contributed by atoms with van der Waals surface area (Å²) >= 11 is 0. The predicted molar refractivity (Wildman–Crippen MR) is 176 cm³/mol. The van der Waals surface area contributed by atoms with E-state index in [0.29, 0.717) is 18.8 Å². The fourth-order valence-electron chi connectivity index (χ4n) is 5.73. The van der Waals surface area contributed by atoms with E-state index in [-0.39, 0.29) is 17.2 Å². The zero-order chi connectivity index (χ0) is 34.6. The number of likely N-dealkylation sites (tertiary alicyclic amines) is 1. The first kappa shape index (κ1) is 36.3. The Morgan fingerprint density at radius 1 is 0.729 bits per heavy atom. The third-order valence-electron chi connectivity index (χ3n) is 8.47. The number of aliphatic hydroxyl groups is 1. The first-order valence-electron chi connectivity index (χ1n) is 16.1. The SMILES string of the molecule is Cc1ccc(C(=O)O[C@@H](C(=O)O)[C@@H](OC(=O)c2ccc(C)cc2)C(=O)O)cc1.O[C@@H]1CCCC[C@H]1N1CC[C@@H](OCc2ccccc2)C1. The van der Waals surface area contributed by atoms with Gasteiger partial charge in [0.15, 0.2) is 0 Å². The number of nitrogens with zero attached hydrogens (tertiary/aromatic N) is 1. The summed E-state index contributed by atoms with van der Waals surface area (Å²) in [5, 5.41) is 28.8. The molecule has 0 bridgehead atoms. The first-order valence-corrected chi connectivity index (χ1v) is 16.1. The van der Waals surface area contributed by atoms with Crippen LogP contribution >= 0.6 is 0 Å². The van der Waals surface area contributed by atoms with E-state index >= 15 is 0 Å². The van der Waals surface area contributed by atoms with Gasteiger partial charge in [-0.25, -0.2) is 19.2 Å². The van der Waals surface area contributed by atoms with Crippen LogP contribution in [0.15, 0.2) is 78.9 Å². The number of aryl methyl sites for hydroxylation is 2. The average Bonchev–Trinajstić information content (AvgIpc) is 3.55. The van der Waals surface area contributed by atoms with Crippen LogP contribution in [-0.4, -0.2) is 87.6 Å². The van der Waals surface area contributed by atoms with Gasteiger partial charge in [0.25, 0.3) is 0 Å². The third kappa shape index (κ3) is 10.5. The van der Waals surface area contributed by atoms with Gasteiger partial charge in [0, 0.05) is 19.1 Å². The Bertz CT molecular complexity index is 1430. The van der Waals surface area contributed by atoms with Gasteiger partial charge < -0.3 is 29.5 Å². The highest BCUT2D eigenvalue weighted by molar-refractivity contribution is 5.95. The number of carboxylic acids is 2. The summed E-state index contributed by atoms with van der Waals surface area (Å²) in [5.74, 6) is -5.62. The number of benzene rings is 3. The lowest BCUT2D eigenvalue weighted by atomic mass is 9.91. The monoisotopic (exact) mass is 661 g/mol. The highest BCUT2D eigenvalue weighted by Crippen LogP contribution is 2.27. The molecule has 2 aliphatic rings. The lowest BCUT2D eigenvalue weighted by Gasteiger charge is -2.35. The first-order chi connectivity index (χ1) is 23.0. The Labute approximate surface area is 280 Å². The molecule has 0 radical (unpaired) electrons. The lowest BCUT2D eigenvalue weighted by molar-refractivity contribution is -0.166. The Morgan fingerprint density at radius 3 is 1.71 bits per heavy atom. The topological polar surface area (TPSA) is 160 Å². The maximum absolute atomic E-state index is 12.2. The van der Waals surface area contributed by atoms with E-state index in [1.165, 1.54) is 42.7 Å². The summed E-state index contributed by atoms with van der Waals surface area (Å²) in [6, 6.07) is 22.8. The van der Waals surface area contributed by atoms with Crippen LogP contribution in [0.25, 0.3) is 0 Å². The van der Waals surface area contributed by atoms with Crippen molar-refractivity contribution in [2.75, 3.05) is 13.1 Å². The van der Waals surface area contributed by atoms with E-state index in [0.717, 1.165) is 43.5 Å². The molecule has 5 atom stereocenters. The van der Waals surface area contributed by atoms with Crippen LogP contribution in [0.2, 0.25) is 0 Å². The minimum absolute atomic E-state index is 0.0332. The Hall–Kier alpha value is -4.58. The number of aliphatic carboxylic acids is 2. The normalized spacial score (nSPS) is 20.4. The summed E-state index contributed by atoms with van der Waals surface area (Å²) in [7, 11) is 0. The number of rotatable bonds is 11. The largest absolute Gasteiger partial charge is 0.478 e. The molecule has 0 spiro atoms. The van der Waals surface area contributed by atoms with Gasteiger partial charge in [-0.05, 0) is 62.9 Å². The summed E-state index contributed by atoms with van der Waals surface area (Å²) in [6.07, 6.45) is 1.40. The van der Waals surface area contributed by atoms with Crippen molar-refractivity contribution in [3.8, 4) is 0 Å². The standard InChI is InChI=1S/C20H18O8.C17H25NO2/c1-11-3-7-13(8-4-11)19(25)27-15(17(21)22)16(18(23)24)28-20(26)14-9-5-12(2)6-10-14;19-17-9-5-4-8-16(17)18-11-10-15(12-18)20-13-14-6-2-1-3-7-14/h3-10,15-16H,1-2H3,(H,21,22)(H,23,24);1-3,6-7,15-17,19H,4-5,8-13H2/t15-,16-;15-,16-,17-/m11/s1. The average molecular weight is 662 g/mol. The Balaban J connectivity index is 0.000000228. The molecule has 11 nitrogen and oxygen atoms in total. The van der Waals surface area contributed by atoms with Crippen LogP contribution in [0.5, 0.6) is 0 Å². The van der Waals surface area contributed by atoms with Gasteiger partial charge in [0.2, 0.25) is 12.2 Å².